The highest BCUT2D eigenvalue weighted by atomic mass is 79.9. The summed E-state index contributed by atoms with van der Waals surface area (Å²) in [5.74, 6) is -0.199. The second-order valence-corrected chi connectivity index (χ2v) is 9.71. The number of nitrogens with zero attached hydrogens (tertiary/aromatic N) is 1. The number of carbonyl (C=O) groups is 1. The van der Waals surface area contributed by atoms with Crippen molar-refractivity contribution in [3.05, 3.63) is 52.5 Å². The molecule has 2 aromatic carbocycles. The van der Waals surface area contributed by atoms with E-state index in [4.69, 9.17) is 0 Å². The lowest BCUT2D eigenvalue weighted by Crippen LogP contribution is -2.35. The number of piperidine rings is 1. The van der Waals surface area contributed by atoms with Crippen LogP contribution in [-0.2, 0) is 14.8 Å². The zero-order valence-corrected chi connectivity index (χ0v) is 18.1. The van der Waals surface area contributed by atoms with Crippen LogP contribution in [0.25, 0.3) is 0 Å². The maximum absolute atomic E-state index is 12.8. The van der Waals surface area contributed by atoms with Crippen LogP contribution in [0.3, 0.4) is 0 Å². The Morgan fingerprint density at radius 3 is 2.57 bits per heavy atom. The van der Waals surface area contributed by atoms with Gasteiger partial charge in [-0.2, -0.15) is 4.31 Å². The van der Waals surface area contributed by atoms with Gasteiger partial charge >= 0.3 is 0 Å². The van der Waals surface area contributed by atoms with E-state index < -0.39 is 10.0 Å². The van der Waals surface area contributed by atoms with Crippen molar-refractivity contribution in [1.82, 2.24) is 4.31 Å². The number of rotatable bonds is 6. The Kier molecular flexibility index (Phi) is 6.74. The molecule has 0 radical (unpaired) electrons. The summed E-state index contributed by atoms with van der Waals surface area (Å²) < 4.78 is 28.1. The topological polar surface area (TPSA) is 78.5 Å². The Balaban J connectivity index is 1.63. The molecule has 1 heterocycles. The number of halogens is 1. The lowest BCUT2D eigenvalue weighted by atomic mass is 10.2. The predicted molar refractivity (Wildman–Crippen MR) is 115 cm³/mol. The fourth-order valence-electron chi connectivity index (χ4n) is 3.16. The van der Waals surface area contributed by atoms with Crippen LogP contribution >= 0.6 is 15.9 Å². The average Bonchev–Trinajstić information content (AvgIpc) is 2.69. The molecule has 6 nitrogen and oxygen atoms in total. The number of amides is 1. The van der Waals surface area contributed by atoms with Gasteiger partial charge in [-0.25, -0.2) is 8.42 Å². The third-order valence-electron chi connectivity index (χ3n) is 4.70. The first-order valence-electron chi connectivity index (χ1n) is 9.26. The number of aryl methyl sites for hydroxylation is 1. The van der Waals surface area contributed by atoms with E-state index in [1.54, 1.807) is 28.6 Å². The Morgan fingerprint density at radius 2 is 1.86 bits per heavy atom. The SMILES string of the molecule is Cc1cc(Br)ccc1NC(=O)CNc1cccc(S(=O)(=O)N2CCCCC2)c1. The highest BCUT2D eigenvalue weighted by molar-refractivity contribution is 9.10. The molecule has 0 spiro atoms. The van der Waals surface area contributed by atoms with Gasteiger partial charge in [-0.05, 0) is 61.7 Å². The number of anilines is 2. The lowest BCUT2D eigenvalue weighted by Gasteiger charge is -2.26. The molecular weight excluding hydrogens is 442 g/mol. The molecule has 28 heavy (non-hydrogen) atoms. The van der Waals surface area contributed by atoms with Crippen molar-refractivity contribution in [1.29, 1.82) is 0 Å². The third-order valence-corrected chi connectivity index (χ3v) is 7.09. The molecule has 2 aromatic rings. The Morgan fingerprint density at radius 1 is 1.11 bits per heavy atom. The van der Waals surface area contributed by atoms with Crippen molar-refractivity contribution in [3.63, 3.8) is 0 Å². The minimum absolute atomic E-state index is 0.0444. The van der Waals surface area contributed by atoms with E-state index in [0.717, 1.165) is 35.0 Å². The summed E-state index contributed by atoms with van der Waals surface area (Å²) >= 11 is 3.40. The summed E-state index contributed by atoms with van der Waals surface area (Å²) in [7, 11) is -3.49. The number of benzene rings is 2. The molecule has 0 saturated carbocycles. The molecule has 0 bridgehead atoms. The van der Waals surface area contributed by atoms with Gasteiger partial charge < -0.3 is 10.6 Å². The Labute approximate surface area is 174 Å². The molecule has 0 atom stereocenters. The standard InChI is InChI=1S/C20H24BrN3O3S/c1-15-12-16(21)8-9-19(15)23-20(25)14-22-17-6-5-7-18(13-17)28(26,27)24-10-3-2-4-11-24/h5-9,12-13,22H,2-4,10-11,14H2,1H3,(H,23,25). The van der Waals surface area contributed by atoms with Crippen molar-refractivity contribution < 1.29 is 13.2 Å². The highest BCUT2D eigenvalue weighted by Gasteiger charge is 2.25. The molecule has 0 aromatic heterocycles. The van der Waals surface area contributed by atoms with Crippen LogP contribution in [0.5, 0.6) is 0 Å². The van der Waals surface area contributed by atoms with Crippen LogP contribution in [-0.4, -0.2) is 38.3 Å². The number of hydrogen-bond donors (Lipinski definition) is 2. The van der Waals surface area contributed by atoms with E-state index in [1.165, 1.54) is 0 Å². The summed E-state index contributed by atoms with van der Waals surface area (Å²) in [6, 6.07) is 12.3. The van der Waals surface area contributed by atoms with Gasteiger partial charge in [-0.1, -0.05) is 28.4 Å². The Bertz CT molecular complexity index is 957. The van der Waals surface area contributed by atoms with E-state index in [0.29, 0.717) is 18.8 Å². The van der Waals surface area contributed by atoms with E-state index in [1.807, 2.05) is 25.1 Å². The second-order valence-electron chi connectivity index (χ2n) is 6.85. The molecular formula is C20H24BrN3O3S. The summed E-state index contributed by atoms with van der Waals surface area (Å²) in [6.07, 6.45) is 2.86. The van der Waals surface area contributed by atoms with E-state index in [2.05, 4.69) is 26.6 Å². The molecule has 1 fully saturated rings. The van der Waals surface area contributed by atoms with Gasteiger partial charge in [0.05, 0.1) is 11.4 Å². The molecule has 8 heteroatoms. The third kappa shape index (κ3) is 5.12. The molecule has 0 aliphatic carbocycles. The highest BCUT2D eigenvalue weighted by Crippen LogP contribution is 2.23. The minimum atomic E-state index is -3.49. The van der Waals surface area contributed by atoms with Gasteiger partial charge in [-0.15, -0.1) is 0 Å². The summed E-state index contributed by atoms with van der Waals surface area (Å²) in [4.78, 5) is 12.5. The maximum atomic E-state index is 12.8. The molecule has 2 N–H and O–H groups in total. The minimum Gasteiger partial charge on any atom is -0.376 e. The van der Waals surface area contributed by atoms with Crippen LogP contribution in [0.1, 0.15) is 24.8 Å². The fourth-order valence-corrected chi connectivity index (χ4v) is 5.20. The first kappa shape index (κ1) is 20.8. The van der Waals surface area contributed by atoms with Crippen molar-refractivity contribution in [2.75, 3.05) is 30.3 Å². The Hall–Kier alpha value is -1.90. The summed E-state index contributed by atoms with van der Waals surface area (Å²) in [5.41, 5.74) is 2.30. The number of carbonyl (C=O) groups excluding carboxylic acids is 1. The van der Waals surface area contributed by atoms with Gasteiger partial charge in [0.1, 0.15) is 0 Å². The van der Waals surface area contributed by atoms with Crippen LogP contribution in [0, 0.1) is 6.92 Å². The van der Waals surface area contributed by atoms with Crippen LogP contribution in [0.15, 0.2) is 51.8 Å². The molecule has 150 valence electrons. The van der Waals surface area contributed by atoms with Gasteiger partial charge in [0.25, 0.3) is 0 Å². The average molecular weight is 466 g/mol. The molecule has 1 amide bonds. The maximum Gasteiger partial charge on any atom is 0.243 e. The van der Waals surface area contributed by atoms with E-state index in [9.17, 15) is 13.2 Å². The molecule has 1 aliphatic heterocycles. The predicted octanol–water partition coefficient (Wildman–Crippen LogP) is 3.98. The van der Waals surface area contributed by atoms with Crippen LogP contribution < -0.4 is 10.6 Å². The molecule has 0 unspecified atom stereocenters. The van der Waals surface area contributed by atoms with Gasteiger partial charge in [0, 0.05) is 28.9 Å². The van der Waals surface area contributed by atoms with Crippen molar-refractivity contribution in [3.8, 4) is 0 Å². The molecule has 1 aliphatic rings. The largest absolute Gasteiger partial charge is 0.376 e. The number of hydrogen-bond acceptors (Lipinski definition) is 4. The van der Waals surface area contributed by atoms with Crippen LogP contribution in [0.2, 0.25) is 0 Å². The first-order chi connectivity index (χ1) is 13.4. The zero-order chi connectivity index (χ0) is 20.1. The molecule has 1 saturated heterocycles. The van der Waals surface area contributed by atoms with Gasteiger partial charge in [0.15, 0.2) is 0 Å². The van der Waals surface area contributed by atoms with Gasteiger partial charge in [0.2, 0.25) is 15.9 Å². The zero-order valence-electron chi connectivity index (χ0n) is 15.7. The molecule has 3 rings (SSSR count). The van der Waals surface area contributed by atoms with Crippen molar-refractivity contribution >= 4 is 43.2 Å². The quantitative estimate of drug-likeness (QED) is 0.675. The lowest BCUT2D eigenvalue weighted by molar-refractivity contribution is -0.114. The van der Waals surface area contributed by atoms with E-state index >= 15 is 0 Å². The van der Waals surface area contributed by atoms with Crippen molar-refractivity contribution in [2.24, 2.45) is 0 Å². The monoisotopic (exact) mass is 465 g/mol. The van der Waals surface area contributed by atoms with Crippen molar-refractivity contribution in [2.45, 2.75) is 31.1 Å². The summed E-state index contributed by atoms with van der Waals surface area (Å²) in [5, 5.41) is 5.86. The van der Waals surface area contributed by atoms with E-state index in [-0.39, 0.29) is 17.3 Å². The number of nitrogens with one attached hydrogen (secondary N) is 2. The van der Waals surface area contributed by atoms with Gasteiger partial charge in [-0.3, -0.25) is 4.79 Å². The second kappa shape index (κ2) is 9.07. The van der Waals surface area contributed by atoms with Crippen LogP contribution in [0.4, 0.5) is 11.4 Å². The summed E-state index contributed by atoms with van der Waals surface area (Å²) in [6.45, 7) is 3.09. The first-order valence-corrected chi connectivity index (χ1v) is 11.5. The normalized spacial score (nSPS) is 15.2. The number of sulfonamides is 1. The fraction of sp³-hybridized carbons (Fsp3) is 0.350. The smallest absolute Gasteiger partial charge is 0.243 e.